The molecule has 0 unspecified atom stereocenters. The van der Waals surface area contributed by atoms with Crippen LogP contribution < -0.4 is 10.1 Å². The van der Waals surface area contributed by atoms with Gasteiger partial charge in [-0.2, -0.15) is 0 Å². The number of aromatic hydroxyl groups is 1. The van der Waals surface area contributed by atoms with E-state index in [2.05, 4.69) is 16.4 Å². The summed E-state index contributed by atoms with van der Waals surface area (Å²) in [5, 5.41) is 14.9. The minimum atomic E-state index is 0.236. The Kier molecular flexibility index (Phi) is 4.15. The summed E-state index contributed by atoms with van der Waals surface area (Å²) < 4.78 is 5.52. The maximum atomic E-state index is 9.45. The summed E-state index contributed by atoms with van der Waals surface area (Å²) in [7, 11) is 1.68. The Morgan fingerprint density at radius 3 is 2.27 bits per heavy atom. The van der Waals surface area contributed by atoms with Crippen molar-refractivity contribution < 1.29 is 9.84 Å². The lowest BCUT2D eigenvalue weighted by Crippen LogP contribution is -1.96. The second-order valence-electron chi connectivity index (χ2n) is 5.94. The summed E-state index contributed by atoms with van der Waals surface area (Å²) in [5.74, 6) is 1.82. The van der Waals surface area contributed by atoms with Crippen molar-refractivity contribution in [1.82, 2.24) is 4.98 Å². The van der Waals surface area contributed by atoms with Gasteiger partial charge < -0.3 is 15.2 Å². The van der Waals surface area contributed by atoms with E-state index >= 15 is 0 Å². The smallest absolute Gasteiger partial charge is 0.138 e. The second-order valence-corrected chi connectivity index (χ2v) is 5.94. The highest BCUT2D eigenvalue weighted by Gasteiger charge is 2.12. The Labute approximate surface area is 151 Å². The summed E-state index contributed by atoms with van der Waals surface area (Å²) in [6.45, 7) is 0. The highest BCUT2D eigenvalue weighted by molar-refractivity contribution is 6.03. The predicted octanol–water partition coefficient (Wildman–Crippen LogP) is 5.36. The van der Waals surface area contributed by atoms with Crippen LogP contribution in [0.1, 0.15) is 0 Å². The van der Waals surface area contributed by atoms with Gasteiger partial charge in [0.1, 0.15) is 17.3 Å². The molecule has 0 bridgehead atoms. The number of phenols is 1. The van der Waals surface area contributed by atoms with Crippen LogP contribution in [0, 0.1) is 0 Å². The van der Waals surface area contributed by atoms with E-state index in [4.69, 9.17) is 4.74 Å². The van der Waals surface area contributed by atoms with Crippen LogP contribution in [0.15, 0.2) is 79.0 Å². The Hall–Kier alpha value is -3.53. The quantitative estimate of drug-likeness (QED) is 0.490. The number of fused-ring (bicyclic) bond motifs is 1. The van der Waals surface area contributed by atoms with E-state index in [-0.39, 0.29) is 5.75 Å². The molecule has 4 aromatic rings. The second kappa shape index (κ2) is 6.76. The van der Waals surface area contributed by atoms with Crippen LogP contribution in [0.25, 0.3) is 21.9 Å². The van der Waals surface area contributed by atoms with Crippen molar-refractivity contribution in [2.45, 2.75) is 0 Å². The van der Waals surface area contributed by atoms with Gasteiger partial charge in [-0.25, -0.2) is 4.98 Å². The van der Waals surface area contributed by atoms with Crippen LogP contribution >= 0.6 is 0 Å². The first-order chi connectivity index (χ1) is 12.8. The van der Waals surface area contributed by atoms with Crippen molar-refractivity contribution >= 4 is 22.3 Å². The molecule has 2 N–H and O–H groups in total. The molecule has 3 aromatic carbocycles. The number of rotatable bonds is 4. The van der Waals surface area contributed by atoms with Gasteiger partial charge in [0.2, 0.25) is 0 Å². The number of aromatic nitrogens is 1. The van der Waals surface area contributed by atoms with Gasteiger partial charge in [0.05, 0.1) is 7.11 Å². The molecule has 0 aliphatic carbocycles. The number of hydrogen-bond donors (Lipinski definition) is 2. The van der Waals surface area contributed by atoms with Crippen LogP contribution in [0.3, 0.4) is 0 Å². The van der Waals surface area contributed by atoms with Crippen molar-refractivity contribution in [3.63, 3.8) is 0 Å². The van der Waals surface area contributed by atoms with Gasteiger partial charge in [-0.1, -0.05) is 42.5 Å². The zero-order chi connectivity index (χ0) is 17.9. The fourth-order valence-electron chi connectivity index (χ4n) is 3.06. The van der Waals surface area contributed by atoms with E-state index in [1.54, 1.807) is 19.2 Å². The monoisotopic (exact) mass is 342 g/mol. The van der Waals surface area contributed by atoms with E-state index in [1.807, 2.05) is 60.8 Å². The van der Waals surface area contributed by atoms with Crippen LogP contribution in [0.4, 0.5) is 11.5 Å². The molecule has 0 spiro atoms. The highest BCUT2D eigenvalue weighted by atomic mass is 16.5. The molecular weight excluding hydrogens is 324 g/mol. The number of anilines is 2. The maximum absolute atomic E-state index is 9.45. The van der Waals surface area contributed by atoms with Crippen molar-refractivity contribution in [2.24, 2.45) is 0 Å². The normalized spacial score (nSPS) is 10.7. The Balaban J connectivity index is 1.84. The molecule has 0 aliphatic rings. The number of hydrogen-bond acceptors (Lipinski definition) is 4. The molecule has 4 rings (SSSR count). The molecule has 128 valence electrons. The van der Waals surface area contributed by atoms with E-state index in [0.717, 1.165) is 39.2 Å². The average Bonchev–Trinajstić information content (AvgIpc) is 2.70. The van der Waals surface area contributed by atoms with E-state index in [1.165, 1.54) is 0 Å². The molecule has 0 saturated carbocycles. The molecule has 0 fully saturated rings. The van der Waals surface area contributed by atoms with Gasteiger partial charge in [-0.05, 0) is 35.7 Å². The van der Waals surface area contributed by atoms with E-state index in [0.29, 0.717) is 0 Å². The predicted molar refractivity (Wildman–Crippen MR) is 105 cm³/mol. The number of phenolic OH excluding ortho intramolecular Hbond substituents is 1. The molecule has 1 aromatic heterocycles. The molecule has 0 aliphatic heterocycles. The van der Waals surface area contributed by atoms with Crippen LogP contribution in [0.2, 0.25) is 0 Å². The Morgan fingerprint density at radius 2 is 1.50 bits per heavy atom. The lowest BCUT2D eigenvalue weighted by atomic mass is 9.99. The molecular formula is C22H18N2O2. The van der Waals surface area contributed by atoms with Gasteiger partial charge in [-0.3, -0.25) is 0 Å². The number of ether oxygens (including phenoxy) is 1. The fourth-order valence-corrected chi connectivity index (χ4v) is 3.06. The average molecular weight is 342 g/mol. The Morgan fingerprint density at radius 1 is 0.808 bits per heavy atom. The first kappa shape index (κ1) is 16.0. The van der Waals surface area contributed by atoms with Crippen molar-refractivity contribution in [2.75, 3.05) is 12.4 Å². The van der Waals surface area contributed by atoms with Crippen molar-refractivity contribution in [3.05, 3.63) is 79.0 Å². The van der Waals surface area contributed by atoms with Gasteiger partial charge in [0.25, 0.3) is 0 Å². The molecule has 0 radical (unpaired) electrons. The van der Waals surface area contributed by atoms with Crippen molar-refractivity contribution in [3.8, 4) is 22.6 Å². The lowest BCUT2D eigenvalue weighted by Gasteiger charge is -2.14. The van der Waals surface area contributed by atoms with Gasteiger partial charge in [-0.15, -0.1) is 0 Å². The molecule has 1 heterocycles. The van der Waals surface area contributed by atoms with Crippen LogP contribution in [-0.2, 0) is 0 Å². The van der Waals surface area contributed by atoms with E-state index < -0.39 is 0 Å². The third-order valence-electron chi connectivity index (χ3n) is 4.32. The third kappa shape index (κ3) is 2.93. The fraction of sp³-hybridized carbons (Fsp3) is 0.0455. The summed E-state index contributed by atoms with van der Waals surface area (Å²) >= 11 is 0. The third-order valence-corrected chi connectivity index (χ3v) is 4.32. The number of nitrogens with one attached hydrogen (secondary N) is 1. The molecule has 0 saturated heterocycles. The minimum Gasteiger partial charge on any atom is -0.508 e. The Bertz CT molecular complexity index is 1060. The molecule has 4 nitrogen and oxygen atoms in total. The zero-order valence-electron chi connectivity index (χ0n) is 14.3. The molecule has 0 atom stereocenters. The molecule has 0 amide bonds. The zero-order valence-corrected chi connectivity index (χ0v) is 14.3. The first-order valence-corrected chi connectivity index (χ1v) is 8.33. The summed E-state index contributed by atoms with van der Waals surface area (Å²) in [5.41, 5.74) is 2.90. The highest BCUT2D eigenvalue weighted by Crippen LogP contribution is 2.37. The topological polar surface area (TPSA) is 54.4 Å². The largest absolute Gasteiger partial charge is 0.508 e. The number of methoxy groups -OCH3 is 1. The van der Waals surface area contributed by atoms with E-state index in [9.17, 15) is 5.11 Å². The lowest BCUT2D eigenvalue weighted by molar-refractivity contribution is 0.416. The number of pyridine rings is 1. The number of benzene rings is 3. The number of nitrogens with zero attached hydrogens (tertiary/aromatic N) is 1. The van der Waals surface area contributed by atoms with Gasteiger partial charge in [0, 0.05) is 28.4 Å². The van der Waals surface area contributed by atoms with Crippen molar-refractivity contribution in [1.29, 1.82) is 0 Å². The van der Waals surface area contributed by atoms with Crippen LogP contribution in [0.5, 0.6) is 11.5 Å². The summed E-state index contributed by atoms with van der Waals surface area (Å²) in [4.78, 5) is 4.65. The maximum Gasteiger partial charge on any atom is 0.138 e. The summed E-state index contributed by atoms with van der Waals surface area (Å²) in [6, 6.07) is 23.0. The number of para-hydroxylation sites is 1. The molecule has 26 heavy (non-hydrogen) atoms. The molecule has 4 heteroatoms. The summed E-state index contributed by atoms with van der Waals surface area (Å²) in [6.07, 6.45) is 1.86. The van der Waals surface area contributed by atoms with Gasteiger partial charge in [0.15, 0.2) is 0 Å². The van der Waals surface area contributed by atoms with Gasteiger partial charge >= 0.3 is 0 Å². The standard InChI is InChI=1S/C22H18N2O2/c1-26-21-9-5-4-7-18(21)20-14-23-22(19-8-3-2-6-17(19)20)24-15-10-12-16(25)13-11-15/h2-14,25H,1H3,(H,23,24). The minimum absolute atomic E-state index is 0.236. The SMILES string of the molecule is COc1ccccc1-c1cnc(Nc2ccc(O)cc2)c2ccccc12. The van der Waals surface area contributed by atoms with Crippen LogP contribution in [-0.4, -0.2) is 17.2 Å². The first-order valence-electron chi connectivity index (χ1n) is 8.33.